The Morgan fingerprint density at radius 2 is 1.87 bits per heavy atom. The number of fused-ring (bicyclic) bond motifs is 5. The van der Waals surface area contributed by atoms with Crippen LogP contribution in [-0.4, -0.2) is 11.2 Å². The van der Waals surface area contributed by atoms with E-state index in [2.05, 4.69) is 53.7 Å². The third-order valence-electron chi connectivity index (χ3n) is 11.1. The molecule has 9 atom stereocenters. The molecule has 1 heteroatoms. The number of aliphatic hydroxyl groups is 1. The SMILES string of the molecule is C/C=C(/C)[C@H](C)CC[C@@H](C)[C@H]1CC[C@H]2[C@@H]3CC=C4C[C@@H](O)CC[C@]4(C)[C@H]3CC[C@]12C. The highest BCUT2D eigenvalue weighted by molar-refractivity contribution is 5.25. The van der Waals surface area contributed by atoms with Crippen LogP contribution in [0.3, 0.4) is 0 Å². The van der Waals surface area contributed by atoms with Gasteiger partial charge in [-0.25, -0.2) is 0 Å². The average molecular weight is 413 g/mol. The van der Waals surface area contributed by atoms with Crippen LogP contribution in [0.5, 0.6) is 0 Å². The lowest BCUT2D eigenvalue weighted by Gasteiger charge is -2.58. The van der Waals surface area contributed by atoms with Crippen LogP contribution in [0.15, 0.2) is 23.3 Å². The van der Waals surface area contributed by atoms with E-state index in [0.717, 1.165) is 48.3 Å². The van der Waals surface area contributed by atoms with Crippen molar-refractivity contribution in [2.75, 3.05) is 0 Å². The molecule has 3 saturated carbocycles. The highest BCUT2D eigenvalue weighted by Gasteiger charge is 2.59. The Bertz CT molecular complexity index is 688. The Balaban J connectivity index is 1.47. The Kier molecular flexibility index (Phi) is 6.35. The topological polar surface area (TPSA) is 20.2 Å². The zero-order valence-electron chi connectivity index (χ0n) is 20.7. The van der Waals surface area contributed by atoms with E-state index in [4.69, 9.17) is 0 Å². The van der Waals surface area contributed by atoms with Gasteiger partial charge in [-0.15, -0.1) is 0 Å². The highest BCUT2D eigenvalue weighted by Crippen LogP contribution is 2.67. The molecule has 0 bridgehead atoms. The van der Waals surface area contributed by atoms with Gasteiger partial charge in [0.2, 0.25) is 0 Å². The summed E-state index contributed by atoms with van der Waals surface area (Å²) in [4.78, 5) is 0. The first-order valence-electron chi connectivity index (χ1n) is 13.2. The molecular formula is C29H48O. The molecule has 170 valence electrons. The largest absolute Gasteiger partial charge is 0.393 e. The van der Waals surface area contributed by atoms with Gasteiger partial charge in [-0.05, 0) is 124 Å². The quantitative estimate of drug-likeness (QED) is 0.454. The van der Waals surface area contributed by atoms with Crippen LogP contribution in [0, 0.1) is 46.3 Å². The maximum absolute atomic E-state index is 10.2. The van der Waals surface area contributed by atoms with Crippen LogP contribution in [-0.2, 0) is 0 Å². The van der Waals surface area contributed by atoms with Gasteiger partial charge in [0.15, 0.2) is 0 Å². The summed E-state index contributed by atoms with van der Waals surface area (Å²) in [6.07, 6.45) is 17.8. The first kappa shape index (κ1) is 22.6. The summed E-state index contributed by atoms with van der Waals surface area (Å²) in [5.41, 5.74) is 4.12. The normalized spacial score (nSPS) is 45.8. The molecule has 1 nitrogen and oxygen atoms in total. The monoisotopic (exact) mass is 412 g/mol. The second-order valence-electron chi connectivity index (χ2n) is 12.4. The molecular weight excluding hydrogens is 364 g/mol. The second-order valence-corrected chi connectivity index (χ2v) is 12.4. The second kappa shape index (κ2) is 8.42. The Morgan fingerprint density at radius 3 is 2.60 bits per heavy atom. The summed E-state index contributed by atoms with van der Waals surface area (Å²) >= 11 is 0. The van der Waals surface area contributed by atoms with Crippen LogP contribution >= 0.6 is 0 Å². The van der Waals surface area contributed by atoms with Gasteiger partial charge in [0, 0.05) is 0 Å². The van der Waals surface area contributed by atoms with Gasteiger partial charge in [0.25, 0.3) is 0 Å². The Morgan fingerprint density at radius 1 is 1.10 bits per heavy atom. The summed E-state index contributed by atoms with van der Waals surface area (Å²) in [7, 11) is 0. The lowest BCUT2D eigenvalue weighted by atomic mass is 9.47. The van der Waals surface area contributed by atoms with Gasteiger partial charge in [-0.2, -0.15) is 0 Å². The summed E-state index contributed by atoms with van der Waals surface area (Å²) in [6, 6.07) is 0. The van der Waals surface area contributed by atoms with Crippen LogP contribution in [0.4, 0.5) is 0 Å². The Labute approximate surface area is 186 Å². The molecule has 0 aliphatic heterocycles. The summed E-state index contributed by atoms with van der Waals surface area (Å²) in [5.74, 6) is 5.22. The molecule has 0 aromatic carbocycles. The van der Waals surface area contributed by atoms with Crippen molar-refractivity contribution in [3.8, 4) is 0 Å². The van der Waals surface area contributed by atoms with Crippen molar-refractivity contribution in [1.82, 2.24) is 0 Å². The van der Waals surface area contributed by atoms with Crippen molar-refractivity contribution < 1.29 is 5.11 Å². The molecule has 0 unspecified atom stereocenters. The van der Waals surface area contributed by atoms with Crippen molar-refractivity contribution in [1.29, 1.82) is 0 Å². The minimum absolute atomic E-state index is 0.0833. The third kappa shape index (κ3) is 3.66. The third-order valence-corrected chi connectivity index (χ3v) is 11.1. The van der Waals surface area contributed by atoms with E-state index in [-0.39, 0.29) is 6.10 Å². The van der Waals surface area contributed by atoms with Gasteiger partial charge >= 0.3 is 0 Å². The molecule has 4 aliphatic rings. The first-order chi connectivity index (χ1) is 14.2. The van der Waals surface area contributed by atoms with Crippen molar-refractivity contribution >= 4 is 0 Å². The lowest BCUT2D eigenvalue weighted by Crippen LogP contribution is -2.50. The maximum atomic E-state index is 10.2. The van der Waals surface area contributed by atoms with E-state index in [1.807, 2.05) is 0 Å². The highest BCUT2D eigenvalue weighted by atomic mass is 16.3. The van der Waals surface area contributed by atoms with E-state index in [9.17, 15) is 5.11 Å². The van der Waals surface area contributed by atoms with Crippen LogP contribution < -0.4 is 0 Å². The minimum Gasteiger partial charge on any atom is -0.393 e. The number of aliphatic hydroxyl groups excluding tert-OH is 1. The van der Waals surface area contributed by atoms with Crippen LogP contribution in [0.2, 0.25) is 0 Å². The van der Waals surface area contributed by atoms with Crippen molar-refractivity contribution in [3.05, 3.63) is 23.3 Å². The van der Waals surface area contributed by atoms with Gasteiger partial charge in [0.1, 0.15) is 0 Å². The molecule has 4 rings (SSSR count). The fourth-order valence-electron chi connectivity index (χ4n) is 8.84. The van der Waals surface area contributed by atoms with E-state index in [1.54, 1.807) is 11.1 Å². The van der Waals surface area contributed by atoms with Crippen LogP contribution in [0.25, 0.3) is 0 Å². The molecule has 0 saturated heterocycles. The molecule has 0 heterocycles. The molecule has 3 fully saturated rings. The first-order valence-corrected chi connectivity index (χ1v) is 13.2. The molecule has 0 aromatic heterocycles. The van der Waals surface area contributed by atoms with Gasteiger partial charge in [0.05, 0.1) is 6.10 Å². The number of hydrogen-bond donors (Lipinski definition) is 1. The standard InChI is InChI=1S/C29H48O/c1-7-19(2)20(3)8-9-21(4)25-12-13-26-24-11-10-22-18-23(30)14-16-28(22,5)27(24)15-17-29(25,26)6/h7,10,20-21,23-27,30H,8-9,11-18H2,1-6H3/b19-7-/t20-,21-,23+,24+,25-,26+,27+,28+,29-/m1/s1. The average Bonchev–Trinajstić information content (AvgIpc) is 3.09. The zero-order valence-corrected chi connectivity index (χ0v) is 20.7. The van der Waals surface area contributed by atoms with Crippen molar-refractivity contribution in [2.24, 2.45) is 46.3 Å². The van der Waals surface area contributed by atoms with Gasteiger partial charge in [-0.3, -0.25) is 0 Å². The van der Waals surface area contributed by atoms with Crippen molar-refractivity contribution in [3.63, 3.8) is 0 Å². The fraction of sp³-hybridized carbons (Fsp3) is 0.862. The molecule has 0 radical (unpaired) electrons. The zero-order chi connectivity index (χ0) is 21.7. The lowest BCUT2D eigenvalue weighted by molar-refractivity contribution is -0.0573. The maximum Gasteiger partial charge on any atom is 0.0577 e. The minimum atomic E-state index is -0.0833. The molecule has 1 N–H and O–H groups in total. The number of hydrogen-bond acceptors (Lipinski definition) is 1. The van der Waals surface area contributed by atoms with E-state index >= 15 is 0 Å². The molecule has 4 aliphatic carbocycles. The van der Waals surface area contributed by atoms with E-state index < -0.39 is 0 Å². The molecule has 30 heavy (non-hydrogen) atoms. The molecule has 0 amide bonds. The summed E-state index contributed by atoms with van der Waals surface area (Å²) in [5, 5.41) is 10.2. The van der Waals surface area contributed by atoms with Crippen LogP contribution in [0.1, 0.15) is 106 Å². The Hall–Kier alpha value is -0.560. The van der Waals surface area contributed by atoms with E-state index in [1.165, 1.54) is 51.4 Å². The smallest absolute Gasteiger partial charge is 0.0577 e. The summed E-state index contributed by atoms with van der Waals surface area (Å²) in [6.45, 7) is 14.7. The fourth-order valence-corrected chi connectivity index (χ4v) is 8.84. The van der Waals surface area contributed by atoms with E-state index in [0.29, 0.717) is 10.8 Å². The molecule has 0 spiro atoms. The van der Waals surface area contributed by atoms with Crippen molar-refractivity contribution in [2.45, 2.75) is 112 Å². The predicted molar refractivity (Wildman–Crippen MR) is 128 cm³/mol. The van der Waals surface area contributed by atoms with Gasteiger partial charge in [-0.1, -0.05) is 51.0 Å². The predicted octanol–water partition coefficient (Wildman–Crippen LogP) is 7.94. The number of rotatable bonds is 5. The number of allylic oxidation sites excluding steroid dienone is 3. The summed E-state index contributed by atoms with van der Waals surface area (Å²) < 4.78 is 0. The molecule has 0 aromatic rings. The van der Waals surface area contributed by atoms with Gasteiger partial charge < -0.3 is 5.11 Å².